The number of anilines is 1. The molecule has 2 aliphatic heterocycles. The van der Waals surface area contributed by atoms with Gasteiger partial charge in [-0.2, -0.15) is 10.2 Å². The van der Waals surface area contributed by atoms with Crippen molar-refractivity contribution in [3.8, 4) is 17.7 Å². The Balaban J connectivity index is 1.01. The number of hydrogen-bond donors (Lipinski definition) is 0. The first kappa shape index (κ1) is 30.4. The van der Waals surface area contributed by atoms with Gasteiger partial charge in [-0.15, -0.1) is 0 Å². The maximum Gasteiger partial charge on any atom is 0.343 e. The first-order chi connectivity index (χ1) is 23.0. The molecular weight excluding hydrogens is 597 g/mol. The molecule has 238 valence electrons. The first-order valence-corrected chi connectivity index (χ1v) is 15.8. The van der Waals surface area contributed by atoms with Crippen LogP contribution in [-0.2, 0) is 24.4 Å². The third-order valence-electron chi connectivity index (χ3n) is 8.71. The van der Waals surface area contributed by atoms with Crippen molar-refractivity contribution < 1.29 is 23.4 Å². The number of rotatable bonds is 10. The number of ether oxygens (including phenoxy) is 3. The third kappa shape index (κ3) is 6.97. The van der Waals surface area contributed by atoms with Gasteiger partial charge in [0, 0.05) is 68.7 Å². The summed E-state index contributed by atoms with van der Waals surface area (Å²) >= 11 is 0. The summed E-state index contributed by atoms with van der Waals surface area (Å²) in [6, 6.07) is 29.0. The number of fused-ring (bicyclic) bond motifs is 1. The van der Waals surface area contributed by atoms with Crippen LogP contribution in [-0.4, -0.2) is 59.3 Å². The summed E-state index contributed by atoms with van der Waals surface area (Å²) in [4.78, 5) is 22.3. The molecule has 0 bridgehead atoms. The van der Waals surface area contributed by atoms with Gasteiger partial charge in [0.15, 0.2) is 0 Å². The van der Waals surface area contributed by atoms with Crippen LogP contribution in [0.1, 0.15) is 33.6 Å². The number of para-hydroxylation sites is 1. The Hall–Kier alpha value is -5.24. The summed E-state index contributed by atoms with van der Waals surface area (Å²) < 4.78 is 33.8. The van der Waals surface area contributed by atoms with Crippen molar-refractivity contribution >= 4 is 22.7 Å². The van der Waals surface area contributed by atoms with Crippen LogP contribution in [0.2, 0.25) is 0 Å². The summed E-state index contributed by atoms with van der Waals surface area (Å²) in [5.74, 6) is 0.898. The quantitative estimate of drug-likeness (QED) is 0.138. The Kier molecular flexibility index (Phi) is 8.82. The van der Waals surface area contributed by atoms with Crippen molar-refractivity contribution in [2.75, 3.05) is 37.7 Å². The number of carbonyl (C=O) groups excluding carboxylic acids is 1. The van der Waals surface area contributed by atoms with Crippen LogP contribution in [0.25, 0.3) is 10.9 Å². The van der Waals surface area contributed by atoms with E-state index in [0.29, 0.717) is 22.8 Å². The maximum absolute atomic E-state index is 14.3. The monoisotopic (exact) mass is 631 g/mol. The Labute approximate surface area is 272 Å². The molecule has 47 heavy (non-hydrogen) atoms. The Bertz CT molecular complexity index is 1930. The molecule has 0 spiro atoms. The lowest BCUT2D eigenvalue weighted by Gasteiger charge is -2.36. The molecule has 9 nitrogen and oxygen atoms in total. The molecule has 2 aromatic heterocycles. The van der Waals surface area contributed by atoms with Gasteiger partial charge in [0.2, 0.25) is 5.88 Å². The smallest absolute Gasteiger partial charge is 0.343 e. The average molecular weight is 632 g/mol. The van der Waals surface area contributed by atoms with Gasteiger partial charge in [-0.25, -0.2) is 9.18 Å². The number of aromatic nitrogens is 2. The molecular formula is C37H34FN5O4. The molecule has 4 heterocycles. The van der Waals surface area contributed by atoms with Crippen LogP contribution in [0.15, 0.2) is 91.0 Å². The summed E-state index contributed by atoms with van der Waals surface area (Å²) in [6.45, 7) is 5.59. The number of halogens is 1. The highest BCUT2D eigenvalue weighted by molar-refractivity contribution is 5.96. The molecule has 2 saturated heterocycles. The summed E-state index contributed by atoms with van der Waals surface area (Å²) in [5.41, 5.74) is 3.33. The number of hydrogen-bond acceptors (Lipinski definition) is 8. The minimum atomic E-state index is -0.471. The summed E-state index contributed by atoms with van der Waals surface area (Å²) in [6.07, 6.45) is 1.18. The SMILES string of the molecule is N#Cc1ccc(COc2cccc(N3CCN(Cc4cc5ccc(C(=O)Oc6ccccc6)cc5n4CC4CCO4)CC3)n2)c(F)c1. The molecule has 0 saturated carbocycles. The van der Waals surface area contributed by atoms with Crippen molar-refractivity contribution in [2.45, 2.75) is 32.2 Å². The van der Waals surface area contributed by atoms with Gasteiger partial charge in [0.25, 0.3) is 0 Å². The molecule has 1 atom stereocenters. The van der Waals surface area contributed by atoms with Crippen LogP contribution < -0.4 is 14.4 Å². The fraction of sp³-hybridized carbons (Fsp3) is 0.270. The largest absolute Gasteiger partial charge is 0.473 e. The average Bonchev–Trinajstić information content (AvgIpc) is 3.42. The van der Waals surface area contributed by atoms with E-state index in [1.165, 1.54) is 11.8 Å². The maximum atomic E-state index is 14.3. The lowest BCUT2D eigenvalue weighted by molar-refractivity contribution is -0.0590. The molecule has 1 unspecified atom stereocenters. The van der Waals surface area contributed by atoms with Gasteiger partial charge < -0.3 is 23.7 Å². The number of pyridine rings is 1. The number of esters is 1. The van der Waals surface area contributed by atoms with Gasteiger partial charge in [-0.3, -0.25) is 4.90 Å². The Morgan fingerprint density at radius 3 is 2.55 bits per heavy atom. The predicted molar refractivity (Wildman–Crippen MR) is 175 cm³/mol. The molecule has 0 radical (unpaired) electrons. The summed E-state index contributed by atoms with van der Waals surface area (Å²) in [7, 11) is 0. The standard InChI is InChI=1S/C37H34FN5O4/c38-33-19-26(22-39)9-10-29(33)25-46-36-8-4-7-35(40-36)42-16-14-41(15-17-42)23-30-20-27-11-12-28(37(44)47-31-5-2-1-3-6-31)21-34(27)43(30)24-32-13-18-45-32/h1-12,19-21,32H,13-18,23-25H2. The van der Waals surface area contributed by atoms with E-state index >= 15 is 0 Å². The highest BCUT2D eigenvalue weighted by Gasteiger charge is 2.24. The van der Waals surface area contributed by atoms with Crippen LogP contribution in [0.4, 0.5) is 10.2 Å². The molecule has 3 aromatic carbocycles. The molecule has 5 aromatic rings. The van der Waals surface area contributed by atoms with Crippen molar-refractivity contribution in [3.63, 3.8) is 0 Å². The van der Waals surface area contributed by atoms with E-state index < -0.39 is 5.82 Å². The minimum Gasteiger partial charge on any atom is -0.473 e. The Morgan fingerprint density at radius 1 is 0.979 bits per heavy atom. The fourth-order valence-corrected chi connectivity index (χ4v) is 5.98. The number of nitriles is 1. The lowest BCUT2D eigenvalue weighted by atomic mass is 10.1. The fourth-order valence-electron chi connectivity index (χ4n) is 5.98. The Morgan fingerprint density at radius 2 is 1.81 bits per heavy atom. The van der Waals surface area contributed by atoms with E-state index in [1.54, 1.807) is 30.3 Å². The minimum absolute atomic E-state index is 0.0252. The second-order valence-electron chi connectivity index (χ2n) is 11.8. The highest BCUT2D eigenvalue weighted by Crippen LogP contribution is 2.27. The molecule has 10 heteroatoms. The molecule has 0 N–H and O–H groups in total. The van der Waals surface area contributed by atoms with E-state index in [2.05, 4.69) is 25.4 Å². The normalized spacial score (nSPS) is 16.4. The predicted octanol–water partition coefficient (Wildman–Crippen LogP) is 5.96. The van der Waals surface area contributed by atoms with Crippen LogP contribution in [0.5, 0.6) is 11.6 Å². The lowest BCUT2D eigenvalue weighted by Crippen LogP contribution is -2.46. The van der Waals surface area contributed by atoms with Crippen molar-refractivity contribution in [3.05, 3.63) is 119 Å². The van der Waals surface area contributed by atoms with Gasteiger partial charge in [-0.1, -0.05) is 36.4 Å². The zero-order valence-electron chi connectivity index (χ0n) is 25.8. The van der Waals surface area contributed by atoms with Crippen LogP contribution in [0.3, 0.4) is 0 Å². The van der Waals surface area contributed by atoms with Crippen LogP contribution >= 0.6 is 0 Å². The second kappa shape index (κ2) is 13.6. The molecule has 7 rings (SSSR count). The highest BCUT2D eigenvalue weighted by atomic mass is 19.1. The number of nitrogens with zero attached hydrogens (tertiary/aromatic N) is 5. The third-order valence-corrected chi connectivity index (χ3v) is 8.71. The second-order valence-corrected chi connectivity index (χ2v) is 11.8. The first-order valence-electron chi connectivity index (χ1n) is 15.8. The van der Waals surface area contributed by atoms with Crippen molar-refractivity contribution in [1.29, 1.82) is 5.26 Å². The topological polar surface area (TPSA) is 92.8 Å². The zero-order valence-corrected chi connectivity index (χ0v) is 25.8. The van der Waals surface area contributed by atoms with E-state index in [9.17, 15) is 9.18 Å². The number of benzene rings is 3. The molecule has 2 aliphatic rings. The van der Waals surface area contributed by atoms with E-state index in [-0.39, 0.29) is 24.2 Å². The summed E-state index contributed by atoms with van der Waals surface area (Å²) in [5, 5.41) is 10.0. The van der Waals surface area contributed by atoms with Gasteiger partial charge in [-0.05, 0) is 60.3 Å². The van der Waals surface area contributed by atoms with Gasteiger partial charge in [0.1, 0.15) is 24.0 Å². The molecule has 0 amide bonds. The van der Waals surface area contributed by atoms with Crippen molar-refractivity contribution in [1.82, 2.24) is 14.5 Å². The number of carbonyl (C=O) groups is 1. The number of piperazine rings is 1. The van der Waals surface area contributed by atoms with Crippen LogP contribution in [0, 0.1) is 17.1 Å². The van der Waals surface area contributed by atoms with E-state index in [1.807, 2.05) is 54.6 Å². The van der Waals surface area contributed by atoms with Gasteiger partial charge >= 0.3 is 5.97 Å². The van der Waals surface area contributed by atoms with E-state index in [4.69, 9.17) is 19.5 Å². The van der Waals surface area contributed by atoms with Gasteiger partial charge in [0.05, 0.1) is 23.3 Å². The van der Waals surface area contributed by atoms with E-state index in [0.717, 1.165) is 69.0 Å². The zero-order chi connectivity index (χ0) is 32.2. The molecule has 2 fully saturated rings. The van der Waals surface area contributed by atoms with Crippen molar-refractivity contribution in [2.24, 2.45) is 0 Å². The molecule has 0 aliphatic carbocycles.